The van der Waals surface area contributed by atoms with Crippen molar-refractivity contribution in [2.24, 2.45) is 0 Å². The number of sulfonamides is 1. The number of nitrogens with zero attached hydrogens (tertiary/aromatic N) is 3. The summed E-state index contributed by atoms with van der Waals surface area (Å²) in [6, 6.07) is 20.8. The van der Waals surface area contributed by atoms with Gasteiger partial charge in [-0.2, -0.15) is 5.10 Å². The fourth-order valence-corrected chi connectivity index (χ4v) is 4.03. The van der Waals surface area contributed by atoms with Crippen LogP contribution < -0.4 is 10.0 Å². The Bertz CT molecular complexity index is 1290. The zero-order valence-electron chi connectivity index (χ0n) is 17.0. The first-order valence-corrected chi connectivity index (χ1v) is 11.4. The quantitative estimate of drug-likeness (QED) is 0.432. The molecule has 0 atom stereocenters. The van der Waals surface area contributed by atoms with Crippen molar-refractivity contribution in [1.82, 2.24) is 19.5 Å². The van der Waals surface area contributed by atoms with Gasteiger partial charge in [-0.3, -0.25) is 14.5 Å². The monoisotopic (exact) mass is 447 g/mol. The van der Waals surface area contributed by atoms with E-state index in [1.807, 2.05) is 36.5 Å². The number of pyridine rings is 1. The van der Waals surface area contributed by atoms with Crippen molar-refractivity contribution < 1.29 is 13.2 Å². The van der Waals surface area contributed by atoms with Crippen molar-refractivity contribution in [3.63, 3.8) is 0 Å². The molecule has 2 aromatic heterocycles. The van der Waals surface area contributed by atoms with Crippen LogP contribution in [0.1, 0.15) is 21.6 Å². The highest BCUT2D eigenvalue weighted by Gasteiger charge is 2.15. The first-order valence-electron chi connectivity index (χ1n) is 9.87. The predicted octanol–water partition coefficient (Wildman–Crippen LogP) is 3.06. The van der Waals surface area contributed by atoms with Gasteiger partial charge in [0.1, 0.15) is 0 Å². The number of hydrogen-bond acceptors (Lipinski definition) is 5. The van der Waals surface area contributed by atoms with E-state index in [1.165, 1.54) is 24.5 Å². The second-order valence-corrected chi connectivity index (χ2v) is 8.80. The summed E-state index contributed by atoms with van der Waals surface area (Å²) < 4.78 is 29.6. The largest absolute Gasteiger partial charge is 0.322 e. The smallest absolute Gasteiger partial charge is 0.255 e. The molecule has 32 heavy (non-hydrogen) atoms. The topological polar surface area (TPSA) is 106 Å². The van der Waals surface area contributed by atoms with Crippen molar-refractivity contribution in [2.75, 3.05) is 5.32 Å². The summed E-state index contributed by atoms with van der Waals surface area (Å²) in [6.07, 6.45) is 4.87. The molecule has 0 aliphatic rings. The van der Waals surface area contributed by atoms with Gasteiger partial charge in [0.2, 0.25) is 10.0 Å². The fourth-order valence-electron chi connectivity index (χ4n) is 3.03. The molecule has 2 aromatic carbocycles. The lowest BCUT2D eigenvalue weighted by atomic mass is 10.2. The Morgan fingerprint density at radius 1 is 0.906 bits per heavy atom. The summed E-state index contributed by atoms with van der Waals surface area (Å²) in [5.41, 5.74) is 2.68. The molecule has 2 heterocycles. The van der Waals surface area contributed by atoms with Crippen molar-refractivity contribution >= 4 is 21.6 Å². The van der Waals surface area contributed by atoms with Crippen LogP contribution in [0, 0.1) is 0 Å². The van der Waals surface area contributed by atoms with E-state index in [0.717, 1.165) is 5.56 Å². The number of rotatable bonds is 8. The molecular formula is C23H21N5O3S. The van der Waals surface area contributed by atoms with Crippen molar-refractivity contribution in [1.29, 1.82) is 0 Å². The summed E-state index contributed by atoms with van der Waals surface area (Å²) >= 11 is 0. The zero-order chi connectivity index (χ0) is 22.4. The molecule has 0 fully saturated rings. The van der Waals surface area contributed by atoms with Crippen molar-refractivity contribution in [3.05, 3.63) is 108 Å². The molecular weight excluding hydrogens is 426 g/mol. The summed E-state index contributed by atoms with van der Waals surface area (Å²) in [4.78, 5) is 16.2. The van der Waals surface area contributed by atoms with E-state index in [2.05, 4.69) is 20.1 Å². The Labute approximate surface area is 186 Å². The third kappa shape index (κ3) is 5.45. The third-order valence-corrected chi connectivity index (χ3v) is 6.11. The van der Waals surface area contributed by atoms with E-state index < -0.39 is 10.0 Å². The number of amides is 1. The summed E-state index contributed by atoms with van der Waals surface area (Å²) in [5.74, 6) is -0.299. The maximum absolute atomic E-state index is 12.6. The summed E-state index contributed by atoms with van der Waals surface area (Å²) in [6.45, 7) is 0.685. The van der Waals surface area contributed by atoms with Crippen LogP contribution in [0.5, 0.6) is 0 Å². The van der Waals surface area contributed by atoms with Crippen LogP contribution in [0.2, 0.25) is 0 Å². The van der Waals surface area contributed by atoms with E-state index in [4.69, 9.17) is 0 Å². The van der Waals surface area contributed by atoms with Gasteiger partial charge in [-0.15, -0.1) is 0 Å². The third-order valence-electron chi connectivity index (χ3n) is 4.69. The molecule has 0 radical (unpaired) electrons. The predicted molar refractivity (Wildman–Crippen MR) is 120 cm³/mol. The van der Waals surface area contributed by atoms with Crippen LogP contribution in [-0.2, 0) is 23.1 Å². The van der Waals surface area contributed by atoms with Gasteiger partial charge in [-0.05, 0) is 48.0 Å². The van der Waals surface area contributed by atoms with Crippen LogP contribution in [0.4, 0.5) is 5.69 Å². The fraction of sp³-hybridized carbons (Fsp3) is 0.0870. The number of carbonyl (C=O) groups is 1. The maximum atomic E-state index is 12.6. The molecule has 0 bridgehead atoms. The van der Waals surface area contributed by atoms with Crippen molar-refractivity contribution in [2.45, 2.75) is 18.0 Å². The number of anilines is 1. The van der Waals surface area contributed by atoms with E-state index >= 15 is 0 Å². The van der Waals surface area contributed by atoms with Gasteiger partial charge in [0.25, 0.3) is 5.91 Å². The summed E-state index contributed by atoms with van der Waals surface area (Å²) in [5, 5.41) is 7.14. The second kappa shape index (κ2) is 9.54. The highest BCUT2D eigenvalue weighted by Crippen LogP contribution is 2.15. The van der Waals surface area contributed by atoms with E-state index in [9.17, 15) is 13.2 Å². The van der Waals surface area contributed by atoms with Gasteiger partial charge in [0.15, 0.2) is 0 Å². The van der Waals surface area contributed by atoms with Gasteiger partial charge < -0.3 is 5.32 Å². The summed E-state index contributed by atoms with van der Waals surface area (Å²) in [7, 11) is -3.73. The van der Waals surface area contributed by atoms with Crippen LogP contribution in [0.3, 0.4) is 0 Å². The van der Waals surface area contributed by atoms with Gasteiger partial charge in [0.05, 0.1) is 23.7 Å². The Kier molecular flexibility index (Phi) is 6.39. The number of hydrogen-bond donors (Lipinski definition) is 2. The van der Waals surface area contributed by atoms with Gasteiger partial charge in [0, 0.05) is 29.8 Å². The highest BCUT2D eigenvalue weighted by molar-refractivity contribution is 7.89. The lowest BCUT2D eigenvalue weighted by Gasteiger charge is -2.08. The first kappa shape index (κ1) is 21.4. The van der Waals surface area contributed by atoms with E-state index in [1.54, 1.807) is 35.0 Å². The Morgan fingerprint density at radius 2 is 1.62 bits per heavy atom. The average Bonchev–Trinajstić information content (AvgIpc) is 3.27. The zero-order valence-corrected chi connectivity index (χ0v) is 17.9. The number of benzene rings is 2. The molecule has 0 saturated heterocycles. The minimum atomic E-state index is -3.73. The van der Waals surface area contributed by atoms with E-state index in [0.29, 0.717) is 23.5 Å². The number of aromatic nitrogens is 3. The van der Waals surface area contributed by atoms with Crippen LogP contribution in [-0.4, -0.2) is 29.1 Å². The molecule has 4 rings (SSSR count). The Morgan fingerprint density at radius 3 is 2.34 bits per heavy atom. The molecule has 162 valence electrons. The van der Waals surface area contributed by atoms with Gasteiger partial charge in [-0.25, -0.2) is 13.1 Å². The van der Waals surface area contributed by atoms with Crippen molar-refractivity contribution in [3.8, 4) is 0 Å². The molecule has 1 amide bonds. The standard InChI is InChI=1S/C23H21N5O3S/c29-23(19-10-13-24-14-11-19)26-20-6-8-22(9-7-20)32(30,31)25-16-21-12-15-28(27-21)17-18-4-2-1-3-5-18/h1-15,25H,16-17H2,(H,26,29). The average molecular weight is 448 g/mol. The lowest BCUT2D eigenvalue weighted by Crippen LogP contribution is -2.23. The molecule has 0 unspecified atom stereocenters. The molecule has 4 aromatic rings. The second-order valence-electron chi connectivity index (χ2n) is 7.03. The molecule has 0 spiro atoms. The molecule has 2 N–H and O–H groups in total. The number of nitrogens with one attached hydrogen (secondary N) is 2. The maximum Gasteiger partial charge on any atom is 0.255 e. The molecule has 8 nitrogen and oxygen atoms in total. The van der Waals surface area contributed by atoms with Crippen LogP contribution in [0.25, 0.3) is 0 Å². The number of carbonyl (C=O) groups excluding carboxylic acids is 1. The minimum Gasteiger partial charge on any atom is -0.322 e. The highest BCUT2D eigenvalue weighted by atomic mass is 32.2. The Balaban J connectivity index is 1.35. The molecule has 0 aliphatic carbocycles. The molecule has 0 aliphatic heterocycles. The van der Waals surface area contributed by atoms with Crippen LogP contribution >= 0.6 is 0 Å². The molecule has 9 heteroatoms. The van der Waals surface area contributed by atoms with Gasteiger partial charge >= 0.3 is 0 Å². The SMILES string of the molecule is O=C(Nc1ccc(S(=O)(=O)NCc2ccn(Cc3ccccc3)n2)cc1)c1ccncc1. The Hall–Kier alpha value is -3.82. The lowest BCUT2D eigenvalue weighted by molar-refractivity contribution is 0.102. The van der Waals surface area contributed by atoms with Crippen LogP contribution in [0.15, 0.2) is 96.3 Å². The normalized spacial score (nSPS) is 11.2. The first-order chi connectivity index (χ1) is 15.5. The van der Waals surface area contributed by atoms with Gasteiger partial charge in [-0.1, -0.05) is 30.3 Å². The molecule has 0 saturated carbocycles. The van der Waals surface area contributed by atoms with E-state index in [-0.39, 0.29) is 17.3 Å². The minimum absolute atomic E-state index is 0.0741.